The third-order valence-corrected chi connectivity index (χ3v) is 6.38. The van der Waals surface area contributed by atoms with Crippen LogP contribution in [0.1, 0.15) is 20.0 Å². The zero-order valence-electron chi connectivity index (χ0n) is 17.6. The molecule has 1 aliphatic heterocycles. The molecule has 2 aliphatic rings. The Morgan fingerprint density at radius 3 is 2.83 bits per heavy atom. The Bertz CT molecular complexity index is 1070. The molecule has 10 heteroatoms. The van der Waals surface area contributed by atoms with E-state index in [4.69, 9.17) is 14.2 Å². The predicted molar refractivity (Wildman–Crippen MR) is 104 cm³/mol. The molecule has 2 aromatic heterocycles. The summed E-state index contributed by atoms with van der Waals surface area (Å²) in [6, 6.07) is 7.68. The molecule has 1 N–H and O–H groups in total. The number of aromatic amines is 1. The van der Waals surface area contributed by atoms with Crippen molar-refractivity contribution in [1.29, 1.82) is 0 Å². The van der Waals surface area contributed by atoms with E-state index in [1.807, 2.05) is 0 Å². The number of hydrogen-bond donors (Lipinski definition) is 1. The normalized spacial score (nSPS) is 18.8. The monoisotopic (exact) mass is 441 g/mol. The minimum Gasteiger partial charge on any atom is -1.00 e. The summed E-state index contributed by atoms with van der Waals surface area (Å²) >= 11 is 0. The number of nitrogens with one attached hydrogen (secondary N) is 1. The molecular formula is C20H21FN3NaO4S. The smallest absolute Gasteiger partial charge is 1.00 e. The minimum absolute atomic E-state index is 0. The summed E-state index contributed by atoms with van der Waals surface area (Å²) in [5.74, 6) is 0.402. The summed E-state index contributed by atoms with van der Waals surface area (Å²) in [5.41, 5.74) is 1.95. The molecule has 0 amide bonds. The number of hydrogen-bond acceptors (Lipinski definition) is 6. The fraction of sp³-hybridized carbons (Fsp3) is 0.400. The number of nitrogens with zero attached hydrogens (tertiary/aromatic N) is 2. The Morgan fingerprint density at radius 2 is 2.07 bits per heavy atom. The second-order valence-electron chi connectivity index (χ2n) is 7.54. The van der Waals surface area contributed by atoms with Crippen LogP contribution in [0.2, 0.25) is 0 Å². The van der Waals surface area contributed by atoms with Crippen molar-refractivity contribution >= 4 is 21.8 Å². The van der Waals surface area contributed by atoms with Crippen LogP contribution in [0.5, 0.6) is 5.75 Å². The van der Waals surface area contributed by atoms with E-state index in [1.165, 1.54) is 25.0 Å². The van der Waals surface area contributed by atoms with Crippen LogP contribution in [0.25, 0.3) is 11.0 Å². The largest absolute Gasteiger partial charge is 1.00 e. The maximum absolute atomic E-state index is 13.3. The van der Waals surface area contributed by atoms with Gasteiger partial charge in [-0.15, -0.1) is 0 Å². The summed E-state index contributed by atoms with van der Waals surface area (Å²) in [6.45, 7) is 1.74. The van der Waals surface area contributed by atoms with Gasteiger partial charge in [-0.05, 0) is 37.1 Å². The van der Waals surface area contributed by atoms with E-state index in [9.17, 15) is 8.60 Å². The van der Waals surface area contributed by atoms with Gasteiger partial charge >= 0.3 is 29.6 Å². The molecule has 2 fully saturated rings. The van der Waals surface area contributed by atoms with Gasteiger partial charge in [0, 0.05) is 17.7 Å². The Hall–Kier alpha value is -1.36. The number of ether oxygens (including phenoxy) is 3. The summed E-state index contributed by atoms with van der Waals surface area (Å²) in [5, 5.41) is 0.289. The van der Waals surface area contributed by atoms with Crippen LogP contribution in [0.3, 0.4) is 0 Å². The zero-order chi connectivity index (χ0) is 19.8. The van der Waals surface area contributed by atoms with Gasteiger partial charge in [-0.1, -0.05) is 0 Å². The topological polar surface area (TPSA) is 86.3 Å². The average Bonchev–Trinajstić information content (AvgIpc) is 3.34. The van der Waals surface area contributed by atoms with Gasteiger partial charge in [-0.3, -0.25) is 9.19 Å². The number of rotatable bonds is 6. The molecule has 1 atom stereocenters. The Kier molecular flexibility index (Phi) is 6.57. The molecule has 1 aromatic carbocycles. The van der Waals surface area contributed by atoms with Crippen molar-refractivity contribution in [1.82, 2.24) is 15.0 Å². The molecule has 1 aliphatic carbocycles. The van der Waals surface area contributed by atoms with Crippen LogP contribution in [0.4, 0.5) is 4.39 Å². The predicted octanol–water partition coefficient (Wildman–Crippen LogP) is 0.0532. The van der Waals surface area contributed by atoms with E-state index in [-0.39, 0.29) is 66.0 Å². The first kappa shape index (κ1) is 21.9. The Morgan fingerprint density at radius 1 is 1.27 bits per heavy atom. The summed E-state index contributed by atoms with van der Waals surface area (Å²) < 4.78 is 43.2. The fourth-order valence-corrected chi connectivity index (χ4v) is 4.24. The number of imidazole rings is 1. The van der Waals surface area contributed by atoms with Crippen molar-refractivity contribution in [3.05, 3.63) is 48.0 Å². The summed E-state index contributed by atoms with van der Waals surface area (Å²) in [7, 11) is -1.45. The molecule has 3 aromatic rings. The third-order valence-electron chi connectivity index (χ3n) is 5.20. The van der Waals surface area contributed by atoms with Crippen LogP contribution in [0.15, 0.2) is 41.7 Å². The van der Waals surface area contributed by atoms with Crippen molar-refractivity contribution < 1.29 is 53.8 Å². The molecule has 1 unspecified atom stereocenters. The molecule has 1 saturated heterocycles. The van der Waals surface area contributed by atoms with Gasteiger partial charge in [0.1, 0.15) is 18.2 Å². The summed E-state index contributed by atoms with van der Waals surface area (Å²) in [6.07, 6.45) is 3.58. The molecule has 5 rings (SSSR count). The van der Waals surface area contributed by atoms with Gasteiger partial charge < -0.3 is 20.6 Å². The standard InChI is InChI=1S/C20H20FN3O4S.Na.H/c21-13-1-2-16-17(7-13)24-19(23-16)29(25)10-14-8-15(3-6-22-14)26-9-18-27-11-20(4-5-20)12-28-18;;/h1-3,6-8,18H,4-5,9-12H2,(H,23,24);;/q;+1;-1. The molecule has 0 bridgehead atoms. The minimum atomic E-state index is -1.45. The first-order valence-corrected chi connectivity index (χ1v) is 10.8. The van der Waals surface area contributed by atoms with E-state index in [0.29, 0.717) is 22.5 Å². The van der Waals surface area contributed by atoms with Gasteiger partial charge in [-0.25, -0.2) is 9.37 Å². The van der Waals surface area contributed by atoms with Crippen molar-refractivity contribution in [2.45, 2.75) is 30.0 Å². The van der Waals surface area contributed by atoms with Crippen LogP contribution < -0.4 is 34.3 Å². The first-order chi connectivity index (χ1) is 14.1. The van der Waals surface area contributed by atoms with Crippen LogP contribution >= 0.6 is 0 Å². The second kappa shape index (κ2) is 9.02. The summed E-state index contributed by atoms with van der Waals surface area (Å²) in [4.78, 5) is 11.4. The van der Waals surface area contributed by atoms with Crippen molar-refractivity contribution in [3.8, 4) is 5.75 Å². The number of H-pyrrole nitrogens is 1. The van der Waals surface area contributed by atoms with Crippen molar-refractivity contribution in [2.75, 3.05) is 19.8 Å². The SMILES string of the molecule is O=S(Cc1cc(OCC2OCC3(CC3)CO2)ccn1)c1nc2ccc(F)cc2[nH]1.[H-].[Na+]. The fourth-order valence-electron chi connectivity index (χ4n) is 3.25. The van der Waals surface area contributed by atoms with Gasteiger partial charge in [-0.2, -0.15) is 0 Å². The molecule has 1 saturated carbocycles. The molecular weight excluding hydrogens is 420 g/mol. The molecule has 1 spiro atoms. The van der Waals surface area contributed by atoms with E-state index < -0.39 is 10.8 Å². The first-order valence-electron chi connectivity index (χ1n) is 9.43. The second-order valence-corrected chi connectivity index (χ2v) is 8.91. The molecule has 30 heavy (non-hydrogen) atoms. The van der Waals surface area contributed by atoms with Gasteiger partial charge in [0.2, 0.25) is 0 Å². The van der Waals surface area contributed by atoms with E-state index >= 15 is 0 Å². The van der Waals surface area contributed by atoms with E-state index in [2.05, 4.69) is 15.0 Å². The van der Waals surface area contributed by atoms with Gasteiger partial charge in [0.15, 0.2) is 11.4 Å². The third kappa shape index (κ3) is 4.92. The maximum atomic E-state index is 13.3. The molecule has 154 valence electrons. The number of aromatic nitrogens is 3. The zero-order valence-corrected chi connectivity index (χ0v) is 19.4. The van der Waals surface area contributed by atoms with Crippen LogP contribution in [-0.2, 0) is 26.0 Å². The van der Waals surface area contributed by atoms with E-state index in [0.717, 1.165) is 13.2 Å². The molecule has 0 radical (unpaired) electrons. The number of halogens is 1. The maximum Gasteiger partial charge on any atom is 1.00 e. The van der Waals surface area contributed by atoms with Crippen molar-refractivity contribution in [3.63, 3.8) is 0 Å². The molecule has 7 nitrogen and oxygen atoms in total. The number of pyridine rings is 1. The van der Waals surface area contributed by atoms with Gasteiger partial charge in [0.05, 0.1) is 46.5 Å². The average molecular weight is 441 g/mol. The van der Waals surface area contributed by atoms with Crippen LogP contribution in [0, 0.1) is 11.2 Å². The van der Waals surface area contributed by atoms with E-state index in [1.54, 1.807) is 24.4 Å². The Balaban J connectivity index is 0.00000136. The van der Waals surface area contributed by atoms with Crippen LogP contribution in [-0.4, -0.2) is 45.3 Å². The quantitative estimate of drug-likeness (QED) is 0.545. The number of benzene rings is 1. The number of fused-ring (bicyclic) bond motifs is 1. The Labute approximate surface area is 199 Å². The van der Waals surface area contributed by atoms with Gasteiger partial charge in [0.25, 0.3) is 0 Å². The van der Waals surface area contributed by atoms with Crippen molar-refractivity contribution in [2.24, 2.45) is 5.41 Å². The molecule has 3 heterocycles.